The molecule has 1 heterocycles. The fraction of sp³-hybridized carbons (Fsp3) is 0.567. The van der Waals surface area contributed by atoms with E-state index in [2.05, 4.69) is 22.0 Å². The van der Waals surface area contributed by atoms with Gasteiger partial charge in [0.05, 0.1) is 6.10 Å². The van der Waals surface area contributed by atoms with Gasteiger partial charge in [-0.25, -0.2) is 0 Å². The molecule has 0 aromatic heterocycles. The second-order valence-electron chi connectivity index (χ2n) is 11.2. The van der Waals surface area contributed by atoms with Crippen LogP contribution in [-0.4, -0.2) is 74.1 Å². The van der Waals surface area contributed by atoms with Crippen molar-refractivity contribution in [1.82, 2.24) is 20.9 Å². The molecule has 1 fully saturated rings. The van der Waals surface area contributed by atoms with E-state index in [1.807, 2.05) is 64.1 Å². The van der Waals surface area contributed by atoms with E-state index >= 15 is 0 Å². The number of amides is 3. The van der Waals surface area contributed by atoms with E-state index in [0.29, 0.717) is 25.9 Å². The first-order valence-corrected chi connectivity index (χ1v) is 13.7. The zero-order valence-electron chi connectivity index (χ0n) is 23.5. The van der Waals surface area contributed by atoms with Crippen LogP contribution in [0.2, 0.25) is 0 Å². The average molecular weight is 525 g/mol. The molecule has 3 rings (SSSR count). The smallest absolute Gasteiger partial charge is 0.243 e. The third kappa shape index (κ3) is 8.27. The first kappa shape index (κ1) is 29.6. The first-order chi connectivity index (χ1) is 18.1. The van der Waals surface area contributed by atoms with Crippen LogP contribution in [-0.2, 0) is 25.5 Å². The molecule has 0 aliphatic carbocycles. The van der Waals surface area contributed by atoms with Crippen LogP contribution in [0.1, 0.15) is 52.5 Å². The predicted molar refractivity (Wildman–Crippen MR) is 151 cm³/mol. The Bertz CT molecular complexity index is 1100. The van der Waals surface area contributed by atoms with Gasteiger partial charge >= 0.3 is 0 Å². The number of nitrogens with one attached hydrogen (secondary N) is 3. The minimum absolute atomic E-state index is 0.0408. The molecule has 1 saturated heterocycles. The highest BCUT2D eigenvalue weighted by atomic mass is 16.5. The fourth-order valence-corrected chi connectivity index (χ4v) is 4.73. The van der Waals surface area contributed by atoms with Crippen LogP contribution in [0.5, 0.6) is 0 Å². The molecule has 8 nitrogen and oxygen atoms in total. The van der Waals surface area contributed by atoms with Gasteiger partial charge in [-0.05, 0) is 49.1 Å². The molecule has 208 valence electrons. The molecule has 1 unspecified atom stereocenters. The lowest BCUT2D eigenvalue weighted by Gasteiger charge is -2.31. The summed E-state index contributed by atoms with van der Waals surface area (Å²) in [6.07, 6.45) is 2.63. The van der Waals surface area contributed by atoms with Crippen molar-refractivity contribution in [1.29, 1.82) is 0 Å². The van der Waals surface area contributed by atoms with Crippen LogP contribution in [0.15, 0.2) is 42.5 Å². The van der Waals surface area contributed by atoms with Crippen molar-refractivity contribution in [2.75, 3.05) is 33.3 Å². The van der Waals surface area contributed by atoms with Crippen LogP contribution in [0.4, 0.5) is 0 Å². The lowest BCUT2D eigenvalue weighted by Crippen LogP contribution is -2.55. The number of benzene rings is 2. The Balaban J connectivity index is 1.68. The Morgan fingerprint density at radius 3 is 2.53 bits per heavy atom. The molecule has 3 amide bonds. The molecule has 0 spiro atoms. The zero-order chi connectivity index (χ0) is 27.7. The molecular weight excluding hydrogens is 480 g/mol. The first-order valence-electron chi connectivity index (χ1n) is 13.7. The van der Waals surface area contributed by atoms with E-state index in [4.69, 9.17) is 4.74 Å². The predicted octanol–water partition coefficient (Wildman–Crippen LogP) is 3.04. The topological polar surface area (TPSA) is 99.8 Å². The second kappa shape index (κ2) is 13.7. The molecule has 38 heavy (non-hydrogen) atoms. The summed E-state index contributed by atoms with van der Waals surface area (Å²) in [5.41, 5.74) is 0.397. The van der Waals surface area contributed by atoms with E-state index in [0.717, 1.165) is 42.3 Å². The van der Waals surface area contributed by atoms with Gasteiger partial charge in [0.15, 0.2) is 0 Å². The highest BCUT2D eigenvalue weighted by Gasteiger charge is 2.39. The molecule has 3 N–H and O–H groups in total. The van der Waals surface area contributed by atoms with Crippen LogP contribution in [0.3, 0.4) is 0 Å². The van der Waals surface area contributed by atoms with Crippen LogP contribution in [0, 0.1) is 5.41 Å². The Morgan fingerprint density at radius 1 is 1.08 bits per heavy atom. The van der Waals surface area contributed by atoms with E-state index in [1.54, 1.807) is 12.0 Å². The molecule has 1 aliphatic heterocycles. The highest BCUT2D eigenvalue weighted by Crippen LogP contribution is 2.26. The highest BCUT2D eigenvalue weighted by molar-refractivity contribution is 5.93. The maximum absolute atomic E-state index is 13.4. The van der Waals surface area contributed by atoms with Crippen molar-refractivity contribution in [2.24, 2.45) is 5.41 Å². The Morgan fingerprint density at radius 2 is 1.82 bits per heavy atom. The van der Waals surface area contributed by atoms with Crippen molar-refractivity contribution in [3.05, 3.63) is 48.0 Å². The summed E-state index contributed by atoms with van der Waals surface area (Å²) >= 11 is 0. The number of rotatable bonds is 12. The number of ether oxygens (including phenoxy) is 1. The standard InChI is InChI=1S/C30H44N4O4/c1-21(38-5)20-31-15-9-16-32-27(35)25(19-22-13-14-23-10-6-7-11-24(23)18-22)33-28(36)26-12-8-17-34(26)29(37)30(2,3)4/h6-7,10-11,13-14,18,21,25-26,31H,8-9,12,15-17,19-20H2,1-5H3,(H,32,35)(H,33,36)/t21-,25-,26?/m1/s1. The van der Waals surface area contributed by atoms with Gasteiger partial charge in [-0.2, -0.15) is 0 Å². The molecule has 2 aromatic rings. The Labute approximate surface area is 226 Å². The van der Waals surface area contributed by atoms with Gasteiger partial charge < -0.3 is 25.6 Å². The third-order valence-corrected chi connectivity index (χ3v) is 7.01. The van der Waals surface area contributed by atoms with Crippen molar-refractivity contribution < 1.29 is 19.1 Å². The van der Waals surface area contributed by atoms with Gasteiger partial charge in [-0.3, -0.25) is 14.4 Å². The van der Waals surface area contributed by atoms with Gasteiger partial charge in [-0.1, -0.05) is 63.2 Å². The zero-order valence-corrected chi connectivity index (χ0v) is 23.5. The van der Waals surface area contributed by atoms with Crippen molar-refractivity contribution >= 4 is 28.5 Å². The minimum atomic E-state index is -0.739. The SMILES string of the molecule is CO[C@H](C)CNCCCNC(=O)[C@@H](Cc1ccc2ccccc2c1)NC(=O)C1CCCN1C(=O)C(C)(C)C. The Kier molecular flexibility index (Phi) is 10.7. The monoisotopic (exact) mass is 524 g/mol. The van der Waals surface area contributed by atoms with Crippen molar-refractivity contribution in [3.63, 3.8) is 0 Å². The summed E-state index contributed by atoms with van der Waals surface area (Å²) < 4.78 is 5.23. The van der Waals surface area contributed by atoms with Crippen molar-refractivity contribution in [2.45, 2.75) is 71.6 Å². The molecule has 0 bridgehead atoms. The number of carbonyl (C=O) groups excluding carboxylic acids is 3. The molecule has 1 aliphatic rings. The summed E-state index contributed by atoms with van der Waals surface area (Å²) in [4.78, 5) is 41.3. The lowest BCUT2D eigenvalue weighted by molar-refractivity contribution is -0.145. The lowest BCUT2D eigenvalue weighted by atomic mass is 9.94. The second-order valence-corrected chi connectivity index (χ2v) is 11.2. The third-order valence-electron chi connectivity index (χ3n) is 7.01. The fourth-order valence-electron chi connectivity index (χ4n) is 4.73. The van der Waals surface area contributed by atoms with Crippen LogP contribution < -0.4 is 16.0 Å². The quantitative estimate of drug-likeness (QED) is 0.371. The van der Waals surface area contributed by atoms with E-state index < -0.39 is 17.5 Å². The summed E-state index contributed by atoms with van der Waals surface area (Å²) in [5, 5.41) is 11.5. The Hall–Kier alpha value is -2.97. The summed E-state index contributed by atoms with van der Waals surface area (Å²) in [6.45, 7) is 10.1. The summed E-state index contributed by atoms with van der Waals surface area (Å²) in [5.74, 6) is -0.527. The summed E-state index contributed by atoms with van der Waals surface area (Å²) in [6, 6.07) is 12.9. The number of methoxy groups -OCH3 is 1. The van der Waals surface area contributed by atoms with Crippen molar-refractivity contribution in [3.8, 4) is 0 Å². The molecule has 0 saturated carbocycles. The number of likely N-dealkylation sites (tertiary alicyclic amines) is 1. The molecule has 3 atom stereocenters. The van der Waals surface area contributed by atoms with E-state index in [9.17, 15) is 14.4 Å². The van der Waals surface area contributed by atoms with Crippen LogP contribution >= 0.6 is 0 Å². The largest absolute Gasteiger partial charge is 0.380 e. The van der Waals surface area contributed by atoms with Gasteiger partial charge in [0.2, 0.25) is 17.7 Å². The number of nitrogens with zero attached hydrogens (tertiary/aromatic N) is 1. The normalized spacial score (nSPS) is 17.3. The number of hydrogen-bond acceptors (Lipinski definition) is 5. The maximum atomic E-state index is 13.4. The maximum Gasteiger partial charge on any atom is 0.243 e. The molecule has 8 heteroatoms. The van der Waals surface area contributed by atoms with Gasteiger partial charge in [-0.15, -0.1) is 0 Å². The minimum Gasteiger partial charge on any atom is -0.380 e. The van der Waals surface area contributed by atoms with Crippen LogP contribution in [0.25, 0.3) is 10.8 Å². The average Bonchev–Trinajstić information content (AvgIpc) is 3.38. The molecule has 0 radical (unpaired) electrons. The van der Waals surface area contributed by atoms with E-state index in [-0.39, 0.29) is 23.8 Å². The number of carbonyl (C=O) groups is 3. The number of fused-ring (bicyclic) bond motifs is 1. The number of hydrogen-bond donors (Lipinski definition) is 3. The van der Waals surface area contributed by atoms with Gasteiger partial charge in [0.1, 0.15) is 12.1 Å². The van der Waals surface area contributed by atoms with E-state index in [1.165, 1.54) is 0 Å². The molecule has 2 aromatic carbocycles. The van der Waals surface area contributed by atoms with Gasteiger partial charge in [0.25, 0.3) is 0 Å². The van der Waals surface area contributed by atoms with Gasteiger partial charge in [0, 0.05) is 38.6 Å². The molecular formula is C30H44N4O4. The summed E-state index contributed by atoms with van der Waals surface area (Å²) in [7, 11) is 1.68.